The predicted molar refractivity (Wildman–Crippen MR) is 156 cm³/mol. The first-order chi connectivity index (χ1) is 19.6. The van der Waals surface area contributed by atoms with Crippen molar-refractivity contribution in [2.75, 3.05) is 26.1 Å². The fourth-order valence-corrected chi connectivity index (χ4v) is 5.40. The Kier molecular flexibility index (Phi) is 6.80. The van der Waals surface area contributed by atoms with Gasteiger partial charge in [-0.2, -0.15) is 5.10 Å². The molecule has 0 saturated carbocycles. The summed E-state index contributed by atoms with van der Waals surface area (Å²) >= 11 is 0. The number of H-pyrrole nitrogens is 2. The molecule has 0 spiro atoms. The number of nitrogens with one attached hydrogen (secondary N) is 2. The third-order valence-corrected chi connectivity index (χ3v) is 7.56. The van der Waals surface area contributed by atoms with Crippen LogP contribution in [0, 0.1) is 5.82 Å². The van der Waals surface area contributed by atoms with Crippen LogP contribution in [-0.4, -0.2) is 74.5 Å². The first kappa shape index (κ1) is 26.7. The predicted octanol–water partition coefficient (Wildman–Crippen LogP) is 4.41. The molecule has 0 radical (unpaired) electrons. The van der Waals surface area contributed by atoms with Crippen molar-refractivity contribution in [2.24, 2.45) is 0 Å². The lowest BCUT2D eigenvalue weighted by molar-refractivity contribution is 0.402. The fourth-order valence-electron chi connectivity index (χ4n) is 4.80. The van der Waals surface area contributed by atoms with Gasteiger partial charge in [0.05, 0.1) is 28.2 Å². The van der Waals surface area contributed by atoms with Crippen LogP contribution < -0.4 is 0 Å². The van der Waals surface area contributed by atoms with Gasteiger partial charge < -0.3 is 9.88 Å². The van der Waals surface area contributed by atoms with E-state index in [1.807, 2.05) is 32.4 Å². The molecule has 41 heavy (non-hydrogen) atoms. The summed E-state index contributed by atoms with van der Waals surface area (Å²) in [6.07, 6.45) is 6.62. The molecule has 0 amide bonds. The largest absolute Gasteiger partial charge is 0.336 e. The zero-order valence-electron chi connectivity index (χ0n) is 22.7. The number of pyridine rings is 3. The SMILES string of the molecule is CN(C)Cc1cncc(-c2ccc3[nH]nc(-c4nc5c(-c6cc(F)cc(CCS(C)(=O)=O)c6)nccc5[nH]4)c3n2)c1. The highest BCUT2D eigenvalue weighted by molar-refractivity contribution is 7.90. The standard InChI is InChI=1S/C29H27FN8O2S/c1-38(2)16-18-11-20(15-31-14-18)22-4-5-24-27(33-22)28(37-36-24)29-34-23-6-8-32-25(26(23)35-29)19-10-17(12-21(30)13-19)7-9-41(3,39)40/h4-6,8,10-15H,7,9,16H2,1-3H3,(H,34,35)(H,36,37). The quantitative estimate of drug-likeness (QED) is 0.275. The van der Waals surface area contributed by atoms with Crippen LogP contribution in [0.1, 0.15) is 11.1 Å². The number of aryl methyl sites for hydroxylation is 1. The van der Waals surface area contributed by atoms with Gasteiger partial charge in [-0.3, -0.25) is 15.1 Å². The number of hydrogen-bond acceptors (Lipinski definition) is 8. The molecular weight excluding hydrogens is 543 g/mol. The highest BCUT2D eigenvalue weighted by Crippen LogP contribution is 2.31. The summed E-state index contributed by atoms with van der Waals surface area (Å²) in [7, 11) is 0.827. The maximum absolute atomic E-state index is 14.6. The van der Waals surface area contributed by atoms with E-state index in [4.69, 9.17) is 9.97 Å². The molecule has 5 heterocycles. The molecule has 0 aliphatic rings. The number of fused-ring (bicyclic) bond motifs is 2. The van der Waals surface area contributed by atoms with E-state index in [9.17, 15) is 12.8 Å². The molecule has 12 heteroatoms. The molecule has 0 bridgehead atoms. The molecule has 1 aromatic carbocycles. The first-order valence-electron chi connectivity index (χ1n) is 12.9. The summed E-state index contributed by atoms with van der Waals surface area (Å²) in [5.41, 5.74) is 7.44. The van der Waals surface area contributed by atoms with Crippen molar-refractivity contribution in [2.45, 2.75) is 13.0 Å². The number of halogens is 1. The molecule has 0 aliphatic heterocycles. The van der Waals surface area contributed by atoms with Gasteiger partial charge in [-0.15, -0.1) is 0 Å². The Morgan fingerprint density at radius 2 is 1.71 bits per heavy atom. The number of hydrogen-bond donors (Lipinski definition) is 2. The Hall–Kier alpha value is -4.55. The van der Waals surface area contributed by atoms with Crippen molar-refractivity contribution in [3.8, 4) is 34.0 Å². The van der Waals surface area contributed by atoms with Crippen LogP contribution in [0.2, 0.25) is 0 Å². The van der Waals surface area contributed by atoms with Crippen LogP contribution in [-0.2, 0) is 22.8 Å². The van der Waals surface area contributed by atoms with Crippen molar-refractivity contribution < 1.29 is 12.8 Å². The van der Waals surface area contributed by atoms with Crippen molar-refractivity contribution in [1.29, 1.82) is 0 Å². The minimum Gasteiger partial charge on any atom is -0.336 e. The zero-order valence-corrected chi connectivity index (χ0v) is 23.5. The van der Waals surface area contributed by atoms with Gasteiger partial charge in [0, 0.05) is 42.5 Å². The van der Waals surface area contributed by atoms with E-state index in [2.05, 4.69) is 36.1 Å². The normalized spacial score (nSPS) is 12.1. The van der Waals surface area contributed by atoms with E-state index >= 15 is 0 Å². The van der Waals surface area contributed by atoms with Crippen molar-refractivity contribution in [3.05, 3.63) is 78.0 Å². The van der Waals surface area contributed by atoms with E-state index in [1.165, 1.54) is 12.1 Å². The van der Waals surface area contributed by atoms with Gasteiger partial charge in [0.1, 0.15) is 26.7 Å². The molecule has 208 valence electrons. The average Bonchev–Trinajstić information content (AvgIpc) is 3.54. The number of imidazole rings is 1. The summed E-state index contributed by atoms with van der Waals surface area (Å²) in [6, 6.07) is 12.2. The summed E-state index contributed by atoms with van der Waals surface area (Å²) in [6.45, 7) is 0.764. The van der Waals surface area contributed by atoms with E-state index in [-0.39, 0.29) is 12.2 Å². The summed E-state index contributed by atoms with van der Waals surface area (Å²) < 4.78 is 37.9. The lowest BCUT2D eigenvalue weighted by Gasteiger charge is -2.10. The summed E-state index contributed by atoms with van der Waals surface area (Å²) in [5, 5.41) is 7.52. The van der Waals surface area contributed by atoms with Gasteiger partial charge in [-0.25, -0.2) is 22.8 Å². The Morgan fingerprint density at radius 3 is 2.51 bits per heavy atom. The van der Waals surface area contributed by atoms with E-state index in [1.54, 1.807) is 24.5 Å². The molecule has 0 saturated heterocycles. The third kappa shape index (κ3) is 5.70. The number of aromatic nitrogens is 7. The van der Waals surface area contributed by atoms with Crippen LogP contribution in [0.5, 0.6) is 0 Å². The fraction of sp³-hybridized carbons (Fsp3) is 0.207. The topological polar surface area (TPSA) is 133 Å². The monoisotopic (exact) mass is 570 g/mol. The molecule has 6 aromatic rings. The number of aromatic amines is 2. The van der Waals surface area contributed by atoms with Crippen molar-refractivity contribution in [3.63, 3.8) is 0 Å². The van der Waals surface area contributed by atoms with Crippen LogP contribution in [0.4, 0.5) is 4.39 Å². The average molecular weight is 571 g/mol. The summed E-state index contributed by atoms with van der Waals surface area (Å²) in [4.78, 5) is 24.0. The number of sulfone groups is 1. The first-order valence-corrected chi connectivity index (χ1v) is 15.0. The lowest BCUT2D eigenvalue weighted by Crippen LogP contribution is -2.10. The molecule has 5 aromatic heterocycles. The Morgan fingerprint density at radius 1 is 0.902 bits per heavy atom. The molecule has 2 N–H and O–H groups in total. The smallest absolute Gasteiger partial charge is 0.161 e. The highest BCUT2D eigenvalue weighted by Gasteiger charge is 2.18. The molecule has 6 rings (SSSR count). The Labute approximate surface area is 235 Å². The third-order valence-electron chi connectivity index (χ3n) is 6.61. The van der Waals surface area contributed by atoms with Crippen molar-refractivity contribution >= 4 is 31.9 Å². The van der Waals surface area contributed by atoms with Gasteiger partial charge in [0.2, 0.25) is 0 Å². The maximum Gasteiger partial charge on any atom is 0.161 e. The van der Waals surface area contributed by atoms with Gasteiger partial charge in [-0.05, 0) is 74.1 Å². The second-order valence-corrected chi connectivity index (χ2v) is 12.6. The number of benzene rings is 1. The Bertz CT molecular complexity index is 2020. The van der Waals surface area contributed by atoms with Crippen LogP contribution >= 0.6 is 0 Å². The van der Waals surface area contributed by atoms with Crippen LogP contribution in [0.25, 0.3) is 56.1 Å². The van der Waals surface area contributed by atoms with E-state index < -0.39 is 15.7 Å². The van der Waals surface area contributed by atoms with Crippen molar-refractivity contribution in [1.82, 2.24) is 40.0 Å². The maximum atomic E-state index is 14.6. The van der Waals surface area contributed by atoms with Gasteiger partial charge in [0.25, 0.3) is 0 Å². The Balaban J connectivity index is 1.40. The molecule has 0 unspecified atom stereocenters. The molecular formula is C29H27FN8O2S. The van der Waals surface area contributed by atoms with Gasteiger partial charge in [-0.1, -0.05) is 0 Å². The van der Waals surface area contributed by atoms with Crippen LogP contribution in [0.15, 0.2) is 61.1 Å². The minimum atomic E-state index is -3.19. The molecule has 0 aliphatic carbocycles. The van der Waals surface area contributed by atoms with Crippen LogP contribution in [0.3, 0.4) is 0 Å². The highest BCUT2D eigenvalue weighted by atomic mass is 32.2. The molecule has 0 atom stereocenters. The lowest BCUT2D eigenvalue weighted by atomic mass is 10.0. The summed E-state index contributed by atoms with van der Waals surface area (Å²) in [5.74, 6) is -0.0600. The molecule has 10 nitrogen and oxygen atoms in total. The zero-order chi connectivity index (χ0) is 28.7. The molecule has 0 fully saturated rings. The number of nitrogens with zero attached hydrogens (tertiary/aromatic N) is 6. The number of rotatable bonds is 8. The van der Waals surface area contributed by atoms with Gasteiger partial charge in [0.15, 0.2) is 11.5 Å². The van der Waals surface area contributed by atoms with E-state index in [0.29, 0.717) is 44.9 Å². The van der Waals surface area contributed by atoms with Gasteiger partial charge >= 0.3 is 0 Å². The minimum absolute atomic E-state index is 0.0721. The second kappa shape index (κ2) is 10.5. The van der Waals surface area contributed by atoms with E-state index in [0.717, 1.165) is 35.1 Å². The second-order valence-electron chi connectivity index (χ2n) is 10.4.